The average molecular weight is 240 g/mol. The van der Waals surface area contributed by atoms with E-state index >= 15 is 0 Å². The second-order valence-corrected chi connectivity index (χ2v) is 3.75. The minimum absolute atomic E-state index is 0.0768. The van der Waals surface area contributed by atoms with Crippen molar-refractivity contribution >= 4 is 15.9 Å². The molecule has 1 rings (SSSR count). The van der Waals surface area contributed by atoms with E-state index in [9.17, 15) is 0 Å². The zero-order valence-corrected chi connectivity index (χ0v) is 8.66. The average Bonchev–Trinajstić information content (AvgIpc) is 2.17. The predicted octanol–water partition coefficient (Wildman–Crippen LogP) is 2.12. The van der Waals surface area contributed by atoms with E-state index < -0.39 is 0 Å². The van der Waals surface area contributed by atoms with Crippen LogP contribution in [0.25, 0.3) is 0 Å². The lowest BCUT2D eigenvalue weighted by molar-refractivity contribution is 0.255. The van der Waals surface area contributed by atoms with E-state index in [-0.39, 0.29) is 12.5 Å². The molecule has 13 heavy (non-hydrogen) atoms. The third kappa shape index (κ3) is 3.17. The third-order valence-corrected chi connectivity index (χ3v) is 2.33. The summed E-state index contributed by atoms with van der Waals surface area (Å²) in [5.74, 6) is -0.291. The highest BCUT2D eigenvalue weighted by atomic mass is 79.9. The first kappa shape index (κ1) is 10.2. The summed E-state index contributed by atoms with van der Waals surface area (Å²) < 4.78 is 1.02. The number of aliphatic hydroxyl groups is 1. The Labute approximate surface area is 85.9 Å². The van der Waals surface area contributed by atoms with Crippen molar-refractivity contribution in [3.05, 3.63) is 34.3 Å². The van der Waals surface area contributed by atoms with Crippen molar-refractivity contribution in [2.45, 2.75) is 6.42 Å². The lowest BCUT2D eigenvalue weighted by atomic mass is 10.0. The maximum absolute atomic E-state index is 8.81. The summed E-state index contributed by atoms with van der Waals surface area (Å²) in [6, 6.07) is 9.81. The molecule has 1 aromatic carbocycles. The van der Waals surface area contributed by atoms with Crippen molar-refractivity contribution in [1.29, 1.82) is 5.26 Å². The lowest BCUT2D eigenvalue weighted by Crippen LogP contribution is -2.06. The zero-order chi connectivity index (χ0) is 9.68. The van der Waals surface area contributed by atoms with E-state index in [1.807, 2.05) is 24.3 Å². The van der Waals surface area contributed by atoms with Crippen LogP contribution < -0.4 is 0 Å². The molecular weight excluding hydrogens is 230 g/mol. The Bertz CT molecular complexity index is 302. The van der Waals surface area contributed by atoms with E-state index in [1.54, 1.807) is 0 Å². The number of rotatable bonds is 3. The number of halogens is 1. The molecule has 1 N–H and O–H groups in total. The number of nitrogens with zero attached hydrogens (tertiary/aromatic N) is 1. The highest BCUT2D eigenvalue weighted by Crippen LogP contribution is 2.13. The zero-order valence-electron chi connectivity index (χ0n) is 7.07. The van der Waals surface area contributed by atoms with Crippen molar-refractivity contribution < 1.29 is 5.11 Å². The molecule has 68 valence electrons. The van der Waals surface area contributed by atoms with Crippen LogP contribution in [0.5, 0.6) is 0 Å². The Morgan fingerprint density at radius 1 is 1.38 bits per heavy atom. The van der Waals surface area contributed by atoms with Crippen LogP contribution in [-0.2, 0) is 6.42 Å². The first-order valence-corrected chi connectivity index (χ1v) is 4.80. The monoisotopic (exact) mass is 239 g/mol. The van der Waals surface area contributed by atoms with Gasteiger partial charge >= 0.3 is 0 Å². The summed E-state index contributed by atoms with van der Waals surface area (Å²) >= 11 is 3.33. The number of benzene rings is 1. The van der Waals surface area contributed by atoms with Crippen LogP contribution in [0, 0.1) is 17.2 Å². The van der Waals surface area contributed by atoms with Crippen molar-refractivity contribution in [3.63, 3.8) is 0 Å². The molecule has 0 spiro atoms. The van der Waals surface area contributed by atoms with Gasteiger partial charge in [0.2, 0.25) is 0 Å². The fourth-order valence-electron chi connectivity index (χ4n) is 1.06. The summed E-state index contributed by atoms with van der Waals surface area (Å²) in [5, 5.41) is 17.4. The molecule has 0 fully saturated rings. The standard InChI is InChI=1S/C10H10BrNO/c11-10-3-1-8(2-4-10)5-9(6-12)7-13/h1-4,9,13H,5,7H2/t9-/m0/s1. The summed E-state index contributed by atoms with van der Waals surface area (Å²) in [7, 11) is 0. The SMILES string of the molecule is N#C[C@@H](CO)Cc1ccc(Br)cc1. The van der Waals surface area contributed by atoms with Gasteiger partial charge in [-0.15, -0.1) is 0 Å². The maximum Gasteiger partial charge on any atom is 0.0734 e. The molecule has 0 saturated heterocycles. The first-order valence-electron chi connectivity index (χ1n) is 4.01. The Morgan fingerprint density at radius 3 is 2.46 bits per heavy atom. The highest BCUT2D eigenvalue weighted by molar-refractivity contribution is 9.10. The van der Waals surface area contributed by atoms with E-state index in [1.165, 1.54) is 0 Å². The highest BCUT2D eigenvalue weighted by Gasteiger charge is 2.05. The van der Waals surface area contributed by atoms with Gasteiger partial charge in [-0.1, -0.05) is 28.1 Å². The van der Waals surface area contributed by atoms with Crippen LogP contribution in [0.15, 0.2) is 28.7 Å². The van der Waals surface area contributed by atoms with Gasteiger partial charge in [0.25, 0.3) is 0 Å². The van der Waals surface area contributed by atoms with Gasteiger partial charge in [-0.25, -0.2) is 0 Å². The van der Waals surface area contributed by atoms with Gasteiger partial charge in [0.1, 0.15) is 0 Å². The summed E-state index contributed by atoms with van der Waals surface area (Å²) in [5.41, 5.74) is 1.07. The molecule has 0 amide bonds. The van der Waals surface area contributed by atoms with E-state index in [0.29, 0.717) is 6.42 Å². The Kier molecular flexibility index (Phi) is 3.94. The maximum atomic E-state index is 8.81. The fraction of sp³-hybridized carbons (Fsp3) is 0.300. The van der Waals surface area contributed by atoms with Gasteiger partial charge in [-0.2, -0.15) is 5.26 Å². The molecule has 0 aliphatic heterocycles. The molecule has 0 heterocycles. The Balaban J connectivity index is 2.64. The molecule has 0 unspecified atom stereocenters. The van der Waals surface area contributed by atoms with E-state index in [4.69, 9.17) is 10.4 Å². The van der Waals surface area contributed by atoms with Crippen molar-refractivity contribution in [2.24, 2.45) is 5.92 Å². The topological polar surface area (TPSA) is 44.0 Å². The van der Waals surface area contributed by atoms with Crippen LogP contribution in [0.4, 0.5) is 0 Å². The minimum atomic E-state index is -0.291. The molecule has 0 aliphatic rings. The molecule has 3 heteroatoms. The molecule has 2 nitrogen and oxygen atoms in total. The number of aliphatic hydroxyl groups excluding tert-OH is 1. The summed E-state index contributed by atoms with van der Waals surface area (Å²) in [4.78, 5) is 0. The van der Waals surface area contributed by atoms with E-state index in [2.05, 4.69) is 22.0 Å². The fourth-order valence-corrected chi connectivity index (χ4v) is 1.32. The van der Waals surface area contributed by atoms with Gasteiger partial charge < -0.3 is 5.11 Å². The number of hydrogen-bond donors (Lipinski definition) is 1. The lowest BCUT2D eigenvalue weighted by Gasteiger charge is -2.04. The van der Waals surface area contributed by atoms with Crippen LogP contribution in [0.2, 0.25) is 0 Å². The largest absolute Gasteiger partial charge is 0.395 e. The van der Waals surface area contributed by atoms with Crippen molar-refractivity contribution in [1.82, 2.24) is 0 Å². The molecule has 1 aromatic rings. The van der Waals surface area contributed by atoms with Gasteiger partial charge in [-0.3, -0.25) is 0 Å². The second-order valence-electron chi connectivity index (χ2n) is 2.84. The first-order chi connectivity index (χ1) is 6.26. The van der Waals surface area contributed by atoms with Gasteiger partial charge in [0.15, 0.2) is 0 Å². The summed E-state index contributed by atoms with van der Waals surface area (Å²) in [6.45, 7) is -0.0768. The number of hydrogen-bond acceptors (Lipinski definition) is 2. The van der Waals surface area contributed by atoms with Gasteiger partial charge in [0.05, 0.1) is 18.6 Å². The molecule has 0 aliphatic carbocycles. The molecule has 1 atom stereocenters. The van der Waals surface area contributed by atoms with Crippen LogP contribution >= 0.6 is 15.9 Å². The third-order valence-electron chi connectivity index (χ3n) is 1.80. The van der Waals surface area contributed by atoms with E-state index in [0.717, 1.165) is 10.0 Å². The van der Waals surface area contributed by atoms with Gasteiger partial charge in [-0.05, 0) is 24.1 Å². The molecule has 0 bridgehead atoms. The number of nitriles is 1. The van der Waals surface area contributed by atoms with Crippen LogP contribution in [0.1, 0.15) is 5.56 Å². The summed E-state index contributed by atoms with van der Waals surface area (Å²) in [6.07, 6.45) is 0.611. The quantitative estimate of drug-likeness (QED) is 0.879. The van der Waals surface area contributed by atoms with Crippen molar-refractivity contribution in [3.8, 4) is 6.07 Å². The predicted molar refractivity (Wildman–Crippen MR) is 54.0 cm³/mol. The molecule has 0 radical (unpaired) electrons. The normalized spacial score (nSPS) is 12.1. The second kappa shape index (κ2) is 5.00. The van der Waals surface area contributed by atoms with Gasteiger partial charge in [0, 0.05) is 4.47 Å². The molecule has 0 aromatic heterocycles. The Hall–Kier alpha value is -0.850. The van der Waals surface area contributed by atoms with Crippen molar-refractivity contribution in [2.75, 3.05) is 6.61 Å². The Morgan fingerprint density at radius 2 is 2.00 bits per heavy atom. The molecular formula is C10H10BrNO. The van der Waals surface area contributed by atoms with Crippen LogP contribution in [-0.4, -0.2) is 11.7 Å². The smallest absolute Gasteiger partial charge is 0.0734 e. The van der Waals surface area contributed by atoms with Crippen LogP contribution in [0.3, 0.4) is 0 Å². The minimum Gasteiger partial charge on any atom is -0.395 e. The molecule has 0 saturated carbocycles.